The third kappa shape index (κ3) is 4.60. The van der Waals surface area contributed by atoms with Gasteiger partial charge in [0.1, 0.15) is 11.7 Å². The number of nitrogen functional groups attached to an aromatic ring is 2. The van der Waals surface area contributed by atoms with Crippen LogP contribution in [0.1, 0.15) is 11.1 Å². The fraction of sp³-hybridized carbons (Fsp3) is 0. The summed E-state index contributed by atoms with van der Waals surface area (Å²) in [6.45, 7) is 0. The molecule has 4 nitrogen and oxygen atoms in total. The molecule has 7 heteroatoms. The molecule has 0 aliphatic heterocycles. The average Bonchev–Trinajstić information content (AvgIpc) is 3.05. The van der Waals surface area contributed by atoms with Crippen molar-refractivity contribution in [1.82, 2.24) is 0 Å². The van der Waals surface area contributed by atoms with Crippen LogP contribution in [0.2, 0.25) is 0 Å². The molecular formula is C18H18Cl2N4S. The van der Waals surface area contributed by atoms with Gasteiger partial charge in [0.05, 0.1) is 0 Å². The quantitative estimate of drug-likeness (QED) is 0.388. The number of amidine groups is 2. The molecule has 0 amide bonds. The number of hydrogen-bond acceptors (Lipinski definition) is 3. The van der Waals surface area contributed by atoms with Gasteiger partial charge in [-0.1, -0.05) is 36.4 Å². The highest BCUT2D eigenvalue weighted by molar-refractivity contribution is 7.18. The molecule has 0 aliphatic rings. The molecular weight excluding hydrogens is 375 g/mol. The summed E-state index contributed by atoms with van der Waals surface area (Å²) in [6, 6.07) is 19.4. The van der Waals surface area contributed by atoms with E-state index in [0.29, 0.717) is 0 Å². The lowest BCUT2D eigenvalue weighted by atomic mass is 10.1. The Labute approximate surface area is 162 Å². The van der Waals surface area contributed by atoms with E-state index in [9.17, 15) is 0 Å². The molecule has 0 atom stereocenters. The molecule has 0 saturated carbocycles. The van der Waals surface area contributed by atoms with Gasteiger partial charge in [0.15, 0.2) is 0 Å². The Balaban J connectivity index is 0.00000156. The van der Waals surface area contributed by atoms with Gasteiger partial charge in [0.25, 0.3) is 0 Å². The summed E-state index contributed by atoms with van der Waals surface area (Å²) in [5.41, 5.74) is 14.6. The van der Waals surface area contributed by atoms with Crippen molar-refractivity contribution >= 4 is 47.8 Å². The van der Waals surface area contributed by atoms with Gasteiger partial charge in [0.2, 0.25) is 0 Å². The van der Waals surface area contributed by atoms with Crippen molar-refractivity contribution in [3.05, 3.63) is 71.8 Å². The maximum absolute atomic E-state index is 7.55. The number of benzene rings is 2. The van der Waals surface area contributed by atoms with Crippen LogP contribution in [0, 0.1) is 10.8 Å². The van der Waals surface area contributed by atoms with Crippen LogP contribution < -0.4 is 11.5 Å². The van der Waals surface area contributed by atoms with Crippen LogP contribution in [0.25, 0.3) is 20.9 Å². The highest BCUT2D eigenvalue weighted by Gasteiger charge is 2.07. The van der Waals surface area contributed by atoms with Gasteiger partial charge >= 0.3 is 0 Å². The summed E-state index contributed by atoms with van der Waals surface area (Å²) in [5, 5.41) is 15.1. The van der Waals surface area contributed by atoms with E-state index in [0.717, 1.165) is 32.0 Å². The summed E-state index contributed by atoms with van der Waals surface area (Å²) in [5.74, 6) is 0.135. The third-order valence-corrected chi connectivity index (χ3v) is 4.71. The molecule has 0 fully saturated rings. The molecule has 0 spiro atoms. The van der Waals surface area contributed by atoms with Crippen molar-refractivity contribution in [3.63, 3.8) is 0 Å². The van der Waals surface area contributed by atoms with Crippen LogP contribution in [-0.2, 0) is 0 Å². The Hall–Kier alpha value is -2.34. The molecule has 0 unspecified atom stereocenters. The average molecular weight is 393 g/mol. The van der Waals surface area contributed by atoms with E-state index in [1.165, 1.54) is 0 Å². The van der Waals surface area contributed by atoms with E-state index in [4.69, 9.17) is 22.3 Å². The number of hydrogen-bond donors (Lipinski definition) is 4. The minimum atomic E-state index is 0. The second-order valence-electron chi connectivity index (χ2n) is 5.15. The van der Waals surface area contributed by atoms with Gasteiger partial charge in [-0.05, 0) is 35.4 Å². The SMILES string of the molecule is Cl.Cl.N=C(N)c1cccc(-c2ccc(-c3cccc(C(=N)N)c3)s2)c1. The zero-order valence-corrected chi connectivity index (χ0v) is 15.6. The summed E-state index contributed by atoms with van der Waals surface area (Å²) >= 11 is 1.66. The van der Waals surface area contributed by atoms with Gasteiger partial charge < -0.3 is 11.5 Å². The second-order valence-corrected chi connectivity index (χ2v) is 6.24. The monoisotopic (exact) mass is 392 g/mol. The maximum Gasteiger partial charge on any atom is 0.122 e. The first-order valence-electron chi connectivity index (χ1n) is 7.04. The molecule has 0 radical (unpaired) electrons. The smallest absolute Gasteiger partial charge is 0.122 e. The lowest BCUT2D eigenvalue weighted by Crippen LogP contribution is -2.10. The summed E-state index contributed by atoms with van der Waals surface area (Å²) in [4.78, 5) is 2.22. The van der Waals surface area contributed by atoms with E-state index in [2.05, 4.69) is 12.1 Å². The molecule has 0 bridgehead atoms. The van der Waals surface area contributed by atoms with Crippen LogP contribution in [0.5, 0.6) is 0 Å². The Morgan fingerprint density at radius 1 is 0.680 bits per heavy atom. The molecule has 0 saturated heterocycles. The normalized spacial score (nSPS) is 9.60. The topological polar surface area (TPSA) is 99.7 Å². The third-order valence-electron chi connectivity index (χ3n) is 3.52. The van der Waals surface area contributed by atoms with Gasteiger partial charge in [-0.3, -0.25) is 10.8 Å². The molecule has 130 valence electrons. The largest absolute Gasteiger partial charge is 0.384 e. The minimum absolute atomic E-state index is 0. The summed E-state index contributed by atoms with van der Waals surface area (Å²) in [7, 11) is 0. The Bertz CT molecular complexity index is 833. The Morgan fingerprint density at radius 2 is 1.08 bits per heavy atom. The first-order chi connectivity index (χ1) is 11.0. The minimum Gasteiger partial charge on any atom is -0.384 e. The van der Waals surface area contributed by atoms with Gasteiger partial charge in [0, 0.05) is 20.9 Å². The van der Waals surface area contributed by atoms with E-state index >= 15 is 0 Å². The zero-order chi connectivity index (χ0) is 16.4. The number of nitrogens with two attached hydrogens (primary N) is 2. The molecule has 0 aliphatic carbocycles. The van der Waals surface area contributed by atoms with Gasteiger partial charge in [-0.2, -0.15) is 0 Å². The second kappa shape index (κ2) is 8.67. The van der Waals surface area contributed by atoms with Gasteiger partial charge in [-0.25, -0.2) is 0 Å². The standard InChI is InChI=1S/C18H16N4S.2ClH/c19-17(20)13-5-1-3-11(9-13)15-7-8-16(23-15)12-4-2-6-14(10-12)18(21)22;;/h1-10H,(H3,19,20)(H3,21,22);2*1H. The molecule has 3 aromatic rings. The van der Waals surface area contributed by atoms with Crippen molar-refractivity contribution in [2.75, 3.05) is 0 Å². The number of halogens is 2. The fourth-order valence-corrected chi connectivity index (χ4v) is 3.33. The Morgan fingerprint density at radius 3 is 1.44 bits per heavy atom. The van der Waals surface area contributed by atoms with Gasteiger partial charge in [-0.15, -0.1) is 36.2 Å². The van der Waals surface area contributed by atoms with Crippen molar-refractivity contribution in [2.45, 2.75) is 0 Å². The maximum atomic E-state index is 7.55. The summed E-state index contributed by atoms with van der Waals surface area (Å²) < 4.78 is 0. The van der Waals surface area contributed by atoms with Crippen molar-refractivity contribution in [3.8, 4) is 20.9 Å². The van der Waals surface area contributed by atoms with E-state index in [1.54, 1.807) is 11.3 Å². The lowest BCUT2D eigenvalue weighted by molar-refractivity contribution is 1.42. The fourth-order valence-electron chi connectivity index (χ4n) is 2.33. The van der Waals surface area contributed by atoms with Crippen molar-refractivity contribution in [2.24, 2.45) is 11.5 Å². The Kier molecular flexibility index (Phi) is 7.18. The number of nitrogens with one attached hydrogen (secondary N) is 2. The van der Waals surface area contributed by atoms with E-state index < -0.39 is 0 Å². The van der Waals surface area contributed by atoms with Crippen LogP contribution in [-0.4, -0.2) is 11.7 Å². The summed E-state index contributed by atoms with van der Waals surface area (Å²) in [6.07, 6.45) is 0. The first-order valence-corrected chi connectivity index (χ1v) is 7.86. The van der Waals surface area contributed by atoms with E-state index in [1.807, 2.05) is 48.5 Å². The predicted molar refractivity (Wildman–Crippen MR) is 112 cm³/mol. The van der Waals surface area contributed by atoms with Crippen molar-refractivity contribution in [1.29, 1.82) is 10.8 Å². The highest BCUT2D eigenvalue weighted by Crippen LogP contribution is 2.34. The first kappa shape index (κ1) is 20.7. The lowest BCUT2D eigenvalue weighted by Gasteiger charge is -2.03. The molecule has 2 aromatic carbocycles. The molecule has 25 heavy (non-hydrogen) atoms. The van der Waals surface area contributed by atoms with Crippen LogP contribution in [0.3, 0.4) is 0 Å². The van der Waals surface area contributed by atoms with Crippen molar-refractivity contribution < 1.29 is 0 Å². The molecule has 3 rings (SSSR count). The molecule has 1 aromatic heterocycles. The molecule has 1 heterocycles. The number of thiophene rings is 1. The van der Waals surface area contributed by atoms with E-state index in [-0.39, 0.29) is 36.5 Å². The highest BCUT2D eigenvalue weighted by atomic mass is 35.5. The van der Waals surface area contributed by atoms with Crippen LogP contribution in [0.4, 0.5) is 0 Å². The number of rotatable bonds is 4. The predicted octanol–water partition coefficient (Wildman–Crippen LogP) is 4.49. The molecule has 6 N–H and O–H groups in total. The van der Waals surface area contributed by atoms with Crippen LogP contribution in [0.15, 0.2) is 60.7 Å². The zero-order valence-electron chi connectivity index (χ0n) is 13.2. The van der Waals surface area contributed by atoms with Crippen LogP contribution >= 0.6 is 36.2 Å².